The summed E-state index contributed by atoms with van der Waals surface area (Å²) >= 11 is 1.54. The van der Waals surface area contributed by atoms with Crippen LogP contribution in [0.5, 0.6) is 5.75 Å². The van der Waals surface area contributed by atoms with E-state index in [9.17, 15) is 9.18 Å². The van der Waals surface area contributed by atoms with Crippen LogP contribution in [0.2, 0.25) is 0 Å². The van der Waals surface area contributed by atoms with E-state index in [1.165, 1.54) is 23.9 Å². The molecule has 8 nitrogen and oxygen atoms in total. The summed E-state index contributed by atoms with van der Waals surface area (Å²) in [5.41, 5.74) is 0. The fourth-order valence-electron chi connectivity index (χ4n) is 3.01. The topological polar surface area (TPSA) is 81.5 Å². The van der Waals surface area contributed by atoms with Crippen LogP contribution in [0, 0.1) is 5.82 Å². The Bertz CT molecular complexity index is 794. The summed E-state index contributed by atoms with van der Waals surface area (Å²) in [5, 5.41) is 13.4. The zero-order valence-corrected chi connectivity index (χ0v) is 15.5. The molecule has 144 valence electrons. The lowest BCUT2D eigenvalue weighted by Crippen LogP contribution is -2.52. The largest absolute Gasteiger partial charge is 0.486 e. The molecule has 0 radical (unpaired) electrons. The van der Waals surface area contributed by atoms with Crippen molar-refractivity contribution in [3.8, 4) is 5.75 Å². The van der Waals surface area contributed by atoms with Gasteiger partial charge >= 0.3 is 6.03 Å². The van der Waals surface area contributed by atoms with Gasteiger partial charge in [-0.05, 0) is 37.1 Å². The van der Waals surface area contributed by atoms with Crippen molar-refractivity contribution in [2.24, 2.45) is 0 Å². The molecule has 1 aromatic heterocycles. The van der Waals surface area contributed by atoms with Crippen LogP contribution in [-0.2, 0) is 11.3 Å². The van der Waals surface area contributed by atoms with Crippen LogP contribution in [0.25, 0.3) is 0 Å². The predicted octanol–water partition coefficient (Wildman–Crippen LogP) is 1.93. The highest BCUT2D eigenvalue weighted by Gasteiger charge is 2.28. The van der Waals surface area contributed by atoms with Crippen LogP contribution in [-0.4, -0.2) is 52.5 Å². The zero-order valence-electron chi connectivity index (χ0n) is 14.6. The summed E-state index contributed by atoms with van der Waals surface area (Å²) < 4.78 is 25.9. The second-order valence-electron chi connectivity index (χ2n) is 6.25. The highest BCUT2D eigenvalue weighted by Crippen LogP contribution is 2.23. The number of nitrogens with one attached hydrogen (secondary N) is 1. The van der Waals surface area contributed by atoms with E-state index in [1.54, 1.807) is 21.8 Å². The molecule has 0 saturated carbocycles. The molecule has 1 atom stereocenters. The monoisotopic (exact) mass is 393 g/mol. The van der Waals surface area contributed by atoms with E-state index >= 15 is 0 Å². The second-order valence-corrected chi connectivity index (χ2v) is 7.31. The van der Waals surface area contributed by atoms with E-state index in [0.717, 1.165) is 25.2 Å². The Kier molecular flexibility index (Phi) is 5.44. The molecule has 10 heteroatoms. The third kappa shape index (κ3) is 4.16. The molecule has 2 aliphatic heterocycles. The number of amides is 2. The highest BCUT2D eigenvalue weighted by molar-refractivity contribution is 7.99. The van der Waals surface area contributed by atoms with E-state index in [0.29, 0.717) is 29.8 Å². The van der Waals surface area contributed by atoms with Crippen LogP contribution in [0.4, 0.5) is 9.18 Å². The number of hydrogen-bond donors (Lipinski definition) is 1. The summed E-state index contributed by atoms with van der Waals surface area (Å²) in [6.45, 7) is 1.90. The number of carbonyl (C=O) groups is 1. The average molecular weight is 393 g/mol. The number of ether oxygens (including phenoxy) is 2. The molecular formula is C17H20FN5O3S. The fourth-order valence-corrected chi connectivity index (χ4v) is 3.88. The summed E-state index contributed by atoms with van der Waals surface area (Å²) in [5.74, 6) is 1.44. The van der Waals surface area contributed by atoms with Gasteiger partial charge in [0.05, 0.1) is 12.6 Å². The van der Waals surface area contributed by atoms with Crippen molar-refractivity contribution < 1.29 is 18.7 Å². The summed E-state index contributed by atoms with van der Waals surface area (Å²) in [7, 11) is 0. The van der Waals surface area contributed by atoms with Crippen molar-refractivity contribution >= 4 is 17.8 Å². The van der Waals surface area contributed by atoms with Crippen LogP contribution in [0.15, 0.2) is 29.4 Å². The molecule has 0 aliphatic carbocycles. The van der Waals surface area contributed by atoms with Gasteiger partial charge in [0.2, 0.25) is 5.16 Å². The minimum atomic E-state index is -0.326. The minimum Gasteiger partial charge on any atom is -0.486 e. The van der Waals surface area contributed by atoms with Gasteiger partial charge < -0.3 is 14.8 Å². The first-order chi connectivity index (χ1) is 13.2. The van der Waals surface area contributed by atoms with Crippen LogP contribution in [0.3, 0.4) is 0 Å². The van der Waals surface area contributed by atoms with Gasteiger partial charge in [-0.1, -0.05) is 11.8 Å². The number of rotatable bonds is 5. The van der Waals surface area contributed by atoms with Crippen LogP contribution in [0.1, 0.15) is 18.7 Å². The van der Waals surface area contributed by atoms with Crippen molar-refractivity contribution in [3.63, 3.8) is 0 Å². The number of thioether (sulfide) groups is 1. The summed E-state index contributed by atoms with van der Waals surface area (Å²) in [4.78, 5) is 12.7. The van der Waals surface area contributed by atoms with E-state index < -0.39 is 0 Å². The van der Waals surface area contributed by atoms with Crippen LogP contribution >= 0.6 is 11.8 Å². The predicted molar refractivity (Wildman–Crippen MR) is 96.9 cm³/mol. The maximum absolute atomic E-state index is 13.0. The first kappa shape index (κ1) is 18.1. The molecule has 27 heavy (non-hydrogen) atoms. The second kappa shape index (κ2) is 8.13. The van der Waals surface area contributed by atoms with E-state index in [4.69, 9.17) is 9.47 Å². The van der Waals surface area contributed by atoms with Gasteiger partial charge in [0.25, 0.3) is 0 Å². The number of halogens is 1. The third-order valence-corrected chi connectivity index (χ3v) is 5.27. The standard InChI is InChI=1S/C17H20FN5O3S/c18-12-3-5-13(6-4-12)26-11-15-20-21-17-23(15)22(7-9-27-17)16(24)19-10-14-2-1-8-25-14/h3-6,14H,1-2,7-11H2,(H,19,24). The van der Waals surface area contributed by atoms with Crippen molar-refractivity contribution in [3.05, 3.63) is 35.9 Å². The number of aromatic nitrogens is 3. The average Bonchev–Trinajstić information content (AvgIpc) is 3.35. The van der Waals surface area contributed by atoms with Gasteiger partial charge in [-0.2, -0.15) is 0 Å². The van der Waals surface area contributed by atoms with Crippen molar-refractivity contribution in [1.29, 1.82) is 0 Å². The summed E-state index contributed by atoms with van der Waals surface area (Å²) in [6.07, 6.45) is 2.07. The van der Waals surface area contributed by atoms with Gasteiger partial charge in [-0.3, -0.25) is 0 Å². The zero-order chi connectivity index (χ0) is 18.6. The summed E-state index contributed by atoms with van der Waals surface area (Å²) in [6, 6.07) is 5.53. The molecule has 2 aliphatic rings. The first-order valence-corrected chi connectivity index (χ1v) is 9.82. The van der Waals surface area contributed by atoms with Gasteiger partial charge in [0.1, 0.15) is 18.2 Å². The minimum absolute atomic E-state index is 0.0785. The van der Waals surface area contributed by atoms with Crippen molar-refractivity contribution in [2.75, 3.05) is 30.5 Å². The lowest BCUT2D eigenvalue weighted by Gasteiger charge is -2.29. The lowest BCUT2D eigenvalue weighted by atomic mass is 10.2. The van der Waals surface area contributed by atoms with Gasteiger partial charge in [0, 0.05) is 18.9 Å². The Balaban J connectivity index is 1.43. The molecule has 4 rings (SSSR count). The van der Waals surface area contributed by atoms with Gasteiger partial charge in [-0.15, -0.1) is 10.2 Å². The number of carbonyl (C=O) groups excluding carboxylic acids is 1. The number of benzene rings is 1. The molecular weight excluding hydrogens is 373 g/mol. The van der Waals surface area contributed by atoms with E-state index in [1.807, 2.05) is 0 Å². The van der Waals surface area contributed by atoms with Crippen molar-refractivity contribution in [1.82, 2.24) is 20.2 Å². The Hall–Kier alpha value is -2.33. The lowest BCUT2D eigenvalue weighted by molar-refractivity contribution is 0.111. The van der Waals surface area contributed by atoms with E-state index in [-0.39, 0.29) is 24.6 Å². The molecule has 0 bridgehead atoms. The van der Waals surface area contributed by atoms with Gasteiger partial charge in [0.15, 0.2) is 5.82 Å². The smallest absolute Gasteiger partial charge is 0.336 e. The van der Waals surface area contributed by atoms with E-state index in [2.05, 4.69) is 15.5 Å². The normalized spacial score (nSPS) is 19.0. The molecule has 3 heterocycles. The molecule has 1 aromatic carbocycles. The molecule has 0 spiro atoms. The number of fused-ring (bicyclic) bond motifs is 1. The maximum Gasteiger partial charge on any atom is 0.336 e. The van der Waals surface area contributed by atoms with Gasteiger partial charge in [-0.25, -0.2) is 18.9 Å². The molecule has 1 saturated heterocycles. The maximum atomic E-state index is 13.0. The van der Waals surface area contributed by atoms with Crippen LogP contribution < -0.4 is 15.1 Å². The fraction of sp³-hybridized carbons (Fsp3) is 0.471. The molecule has 1 fully saturated rings. The number of hydrogen-bond acceptors (Lipinski definition) is 6. The van der Waals surface area contributed by atoms with Crippen molar-refractivity contribution in [2.45, 2.75) is 30.7 Å². The Morgan fingerprint density at radius 1 is 1.37 bits per heavy atom. The molecule has 2 amide bonds. The quantitative estimate of drug-likeness (QED) is 0.836. The first-order valence-electron chi connectivity index (χ1n) is 8.83. The Morgan fingerprint density at radius 3 is 3.00 bits per heavy atom. The molecule has 1 unspecified atom stereocenters. The highest BCUT2D eigenvalue weighted by atomic mass is 32.2. The number of nitrogens with zero attached hydrogens (tertiary/aromatic N) is 4. The third-order valence-electron chi connectivity index (χ3n) is 4.37. The molecule has 2 aromatic rings. The Morgan fingerprint density at radius 2 is 2.22 bits per heavy atom. The number of urea groups is 1. The molecule has 1 N–H and O–H groups in total. The Labute approximate surface area is 160 Å². The SMILES string of the molecule is O=C(NCC1CCCO1)N1CCSc2nnc(COc3ccc(F)cc3)n21.